The van der Waals surface area contributed by atoms with Gasteiger partial charge in [0.2, 0.25) is 10.0 Å². The molecule has 0 radical (unpaired) electrons. The van der Waals surface area contributed by atoms with Crippen molar-refractivity contribution >= 4 is 26.0 Å². The Kier molecular flexibility index (Phi) is 6.74. The molecule has 0 aliphatic carbocycles. The van der Waals surface area contributed by atoms with E-state index < -0.39 is 10.0 Å². The zero-order valence-electron chi connectivity index (χ0n) is 11.7. The molecule has 0 saturated heterocycles. The van der Waals surface area contributed by atoms with Crippen molar-refractivity contribution in [1.29, 1.82) is 0 Å². The van der Waals surface area contributed by atoms with Crippen molar-refractivity contribution in [3.63, 3.8) is 0 Å². The second kappa shape index (κ2) is 7.82. The number of benzene rings is 1. The SMILES string of the molecule is CNS(=O)(=O)CCNCc1cc(OC)c(OC)cc1Br. The second-order valence-electron chi connectivity index (χ2n) is 4.00. The highest BCUT2D eigenvalue weighted by molar-refractivity contribution is 9.10. The largest absolute Gasteiger partial charge is 0.493 e. The molecule has 0 unspecified atom stereocenters. The van der Waals surface area contributed by atoms with E-state index in [1.165, 1.54) is 7.05 Å². The molecule has 1 aromatic rings. The molecule has 2 N–H and O–H groups in total. The van der Waals surface area contributed by atoms with Gasteiger partial charge in [0, 0.05) is 17.6 Å². The number of rotatable bonds is 8. The van der Waals surface area contributed by atoms with Crippen molar-refractivity contribution in [3.8, 4) is 11.5 Å². The predicted molar refractivity (Wildman–Crippen MR) is 81.8 cm³/mol. The van der Waals surface area contributed by atoms with Crippen LogP contribution in [0, 0.1) is 0 Å². The van der Waals surface area contributed by atoms with Gasteiger partial charge < -0.3 is 14.8 Å². The van der Waals surface area contributed by atoms with E-state index in [-0.39, 0.29) is 5.75 Å². The molecular formula is C12H19BrN2O4S. The van der Waals surface area contributed by atoms with Gasteiger partial charge in [-0.2, -0.15) is 0 Å². The Morgan fingerprint density at radius 3 is 2.35 bits per heavy atom. The standard InChI is InChI=1S/C12H19BrN2O4S/c1-14-20(16,17)5-4-15-8-9-6-11(18-2)12(19-3)7-10(9)13/h6-7,14-15H,4-5,8H2,1-3H3. The fourth-order valence-electron chi connectivity index (χ4n) is 1.56. The lowest BCUT2D eigenvalue weighted by molar-refractivity contribution is 0.354. The minimum absolute atomic E-state index is 0.0361. The van der Waals surface area contributed by atoms with Crippen LogP contribution in [0.4, 0.5) is 0 Å². The molecule has 20 heavy (non-hydrogen) atoms. The van der Waals surface area contributed by atoms with Crippen LogP contribution in [-0.4, -0.2) is 42.0 Å². The smallest absolute Gasteiger partial charge is 0.212 e. The molecule has 6 nitrogen and oxygen atoms in total. The van der Waals surface area contributed by atoms with Gasteiger partial charge in [-0.25, -0.2) is 13.1 Å². The van der Waals surface area contributed by atoms with Gasteiger partial charge >= 0.3 is 0 Å². The van der Waals surface area contributed by atoms with Crippen LogP contribution in [0.15, 0.2) is 16.6 Å². The van der Waals surface area contributed by atoms with Crippen LogP contribution < -0.4 is 19.5 Å². The Morgan fingerprint density at radius 1 is 1.20 bits per heavy atom. The minimum atomic E-state index is -3.18. The molecule has 0 aliphatic heterocycles. The molecule has 1 rings (SSSR count). The van der Waals surface area contributed by atoms with Gasteiger partial charge in [0.15, 0.2) is 11.5 Å². The van der Waals surface area contributed by atoms with E-state index in [0.29, 0.717) is 24.6 Å². The molecule has 0 aliphatic rings. The fourth-order valence-corrected chi connectivity index (χ4v) is 2.64. The van der Waals surface area contributed by atoms with E-state index in [1.54, 1.807) is 14.2 Å². The number of hydrogen-bond donors (Lipinski definition) is 2. The van der Waals surface area contributed by atoms with Gasteiger partial charge in [0.1, 0.15) is 0 Å². The summed E-state index contributed by atoms with van der Waals surface area (Å²) in [5, 5.41) is 3.08. The number of sulfonamides is 1. The van der Waals surface area contributed by atoms with Gasteiger partial charge in [-0.1, -0.05) is 15.9 Å². The molecule has 0 saturated carbocycles. The lowest BCUT2D eigenvalue weighted by Crippen LogP contribution is -2.29. The first kappa shape index (κ1) is 17.2. The second-order valence-corrected chi connectivity index (χ2v) is 6.90. The lowest BCUT2D eigenvalue weighted by Gasteiger charge is -2.12. The normalized spacial score (nSPS) is 11.4. The molecule has 0 spiro atoms. The number of nitrogens with one attached hydrogen (secondary N) is 2. The third-order valence-electron chi connectivity index (χ3n) is 2.73. The number of hydrogen-bond acceptors (Lipinski definition) is 5. The summed E-state index contributed by atoms with van der Waals surface area (Å²) in [5.41, 5.74) is 0.963. The van der Waals surface area contributed by atoms with Crippen molar-refractivity contribution in [2.75, 3.05) is 33.6 Å². The highest BCUT2D eigenvalue weighted by Crippen LogP contribution is 2.33. The van der Waals surface area contributed by atoms with Gasteiger partial charge in [-0.05, 0) is 24.7 Å². The Labute approximate surface area is 128 Å². The topological polar surface area (TPSA) is 76.7 Å². The highest BCUT2D eigenvalue weighted by Gasteiger charge is 2.10. The van der Waals surface area contributed by atoms with E-state index in [9.17, 15) is 8.42 Å². The van der Waals surface area contributed by atoms with E-state index in [4.69, 9.17) is 9.47 Å². The maximum Gasteiger partial charge on any atom is 0.212 e. The van der Waals surface area contributed by atoms with Gasteiger partial charge in [-0.3, -0.25) is 0 Å². The monoisotopic (exact) mass is 366 g/mol. The molecular weight excluding hydrogens is 348 g/mol. The van der Waals surface area contributed by atoms with Crippen LogP contribution in [0.25, 0.3) is 0 Å². The number of halogens is 1. The molecule has 1 aromatic carbocycles. The molecule has 8 heteroatoms. The molecule has 0 fully saturated rings. The Hall–Kier alpha value is -0.830. The molecule has 0 atom stereocenters. The van der Waals surface area contributed by atoms with E-state index in [2.05, 4.69) is 26.0 Å². The van der Waals surface area contributed by atoms with Crippen LogP contribution in [0.3, 0.4) is 0 Å². The number of ether oxygens (including phenoxy) is 2. The average Bonchev–Trinajstić information content (AvgIpc) is 2.44. The minimum Gasteiger partial charge on any atom is -0.493 e. The molecule has 114 valence electrons. The van der Waals surface area contributed by atoms with Crippen molar-refractivity contribution < 1.29 is 17.9 Å². The fraction of sp³-hybridized carbons (Fsp3) is 0.500. The van der Waals surface area contributed by atoms with Gasteiger partial charge in [-0.15, -0.1) is 0 Å². The molecule has 0 aromatic heterocycles. The first-order valence-electron chi connectivity index (χ1n) is 5.96. The Bertz CT molecular complexity index is 549. The average molecular weight is 367 g/mol. The van der Waals surface area contributed by atoms with Crippen LogP contribution >= 0.6 is 15.9 Å². The molecule has 0 bridgehead atoms. The summed E-state index contributed by atoms with van der Waals surface area (Å²) in [7, 11) is 1.37. The maximum atomic E-state index is 11.3. The first-order chi connectivity index (χ1) is 9.43. The summed E-state index contributed by atoms with van der Waals surface area (Å²) in [6, 6.07) is 3.67. The summed E-state index contributed by atoms with van der Waals surface area (Å²) < 4.78 is 36.1. The maximum absolute atomic E-state index is 11.3. The molecule has 0 heterocycles. The predicted octanol–water partition coefficient (Wildman–Crippen LogP) is 1.11. The Morgan fingerprint density at radius 2 is 1.80 bits per heavy atom. The number of methoxy groups -OCH3 is 2. The summed E-state index contributed by atoms with van der Waals surface area (Å²) >= 11 is 3.45. The van der Waals surface area contributed by atoms with Crippen LogP contribution in [-0.2, 0) is 16.6 Å². The summed E-state index contributed by atoms with van der Waals surface area (Å²) in [6.07, 6.45) is 0. The van der Waals surface area contributed by atoms with Gasteiger partial charge in [0.05, 0.1) is 20.0 Å². The zero-order valence-corrected chi connectivity index (χ0v) is 14.1. The third kappa shape index (κ3) is 4.93. The van der Waals surface area contributed by atoms with E-state index in [0.717, 1.165) is 10.0 Å². The zero-order chi connectivity index (χ0) is 15.2. The van der Waals surface area contributed by atoms with Crippen molar-refractivity contribution in [2.24, 2.45) is 0 Å². The van der Waals surface area contributed by atoms with E-state index in [1.807, 2.05) is 12.1 Å². The van der Waals surface area contributed by atoms with Crippen LogP contribution in [0.5, 0.6) is 11.5 Å². The quantitative estimate of drug-likeness (QED) is 0.673. The van der Waals surface area contributed by atoms with Crippen molar-refractivity contribution in [2.45, 2.75) is 6.54 Å². The molecule has 0 amide bonds. The van der Waals surface area contributed by atoms with E-state index >= 15 is 0 Å². The Balaban J connectivity index is 2.64. The van der Waals surface area contributed by atoms with Gasteiger partial charge in [0.25, 0.3) is 0 Å². The van der Waals surface area contributed by atoms with Crippen LogP contribution in [0.1, 0.15) is 5.56 Å². The van der Waals surface area contributed by atoms with Crippen molar-refractivity contribution in [3.05, 3.63) is 22.2 Å². The highest BCUT2D eigenvalue weighted by atomic mass is 79.9. The summed E-state index contributed by atoms with van der Waals surface area (Å²) in [5.74, 6) is 1.31. The lowest BCUT2D eigenvalue weighted by atomic mass is 10.2. The summed E-state index contributed by atoms with van der Waals surface area (Å²) in [6.45, 7) is 0.893. The summed E-state index contributed by atoms with van der Waals surface area (Å²) in [4.78, 5) is 0. The van der Waals surface area contributed by atoms with Crippen molar-refractivity contribution in [1.82, 2.24) is 10.0 Å². The third-order valence-corrected chi connectivity index (χ3v) is 4.83. The first-order valence-corrected chi connectivity index (χ1v) is 8.40. The van der Waals surface area contributed by atoms with Crippen LogP contribution in [0.2, 0.25) is 0 Å².